The van der Waals surface area contributed by atoms with Gasteiger partial charge in [0.1, 0.15) is 0 Å². The summed E-state index contributed by atoms with van der Waals surface area (Å²) in [5.74, 6) is 5.53. The summed E-state index contributed by atoms with van der Waals surface area (Å²) < 4.78 is 7.29. The average Bonchev–Trinajstić information content (AvgIpc) is 2.76. The first-order valence-electron chi connectivity index (χ1n) is 6.25. The quantitative estimate of drug-likeness (QED) is 0.408. The molecule has 0 aliphatic heterocycles. The third kappa shape index (κ3) is 4.85. The van der Waals surface area contributed by atoms with Crippen molar-refractivity contribution in [3.05, 3.63) is 18.0 Å². The molecule has 5 nitrogen and oxygen atoms in total. The predicted octanol–water partition coefficient (Wildman–Crippen LogP) is 1.26. The molecule has 17 heavy (non-hydrogen) atoms. The highest BCUT2D eigenvalue weighted by Crippen LogP contribution is 2.07. The van der Waals surface area contributed by atoms with Crippen LogP contribution in [0.1, 0.15) is 38.9 Å². The number of aromatic nitrogens is 2. The van der Waals surface area contributed by atoms with Gasteiger partial charge >= 0.3 is 0 Å². The molecular formula is C12H24N4O. The van der Waals surface area contributed by atoms with Gasteiger partial charge in [-0.05, 0) is 33.3 Å². The van der Waals surface area contributed by atoms with Crippen molar-refractivity contribution in [3.63, 3.8) is 0 Å². The molecule has 0 saturated carbocycles. The van der Waals surface area contributed by atoms with Crippen molar-refractivity contribution < 1.29 is 4.74 Å². The Morgan fingerprint density at radius 2 is 2.29 bits per heavy atom. The fourth-order valence-corrected chi connectivity index (χ4v) is 1.64. The Bertz CT molecular complexity index is 311. The molecule has 1 aromatic heterocycles. The van der Waals surface area contributed by atoms with E-state index in [-0.39, 0.29) is 6.04 Å². The van der Waals surface area contributed by atoms with Gasteiger partial charge in [0.2, 0.25) is 0 Å². The van der Waals surface area contributed by atoms with Crippen LogP contribution in [0.5, 0.6) is 0 Å². The van der Waals surface area contributed by atoms with Crippen LogP contribution in [0.2, 0.25) is 0 Å². The summed E-state index contributed by atoms with van der Waals surface area (Å²) in [6, 6.07) is 2.67. The molecule has 0 aliphatic rings. The number of nitrogens with zero attached hydrogens (tertiary/aromatic N) is 2. The van der Waals surface area contributed by atoms with Gasteiger partial charge in [-0.25, -0.2) is 0 Å². The van der Waals surface area contributed by atoms with Crippen LogP contribution in [-0.2, 0) is 11.2 Å². The van der Waals surface area contributed by atoms with E-state index in [1.807, 2.05) is 23.9 Å². The normalized spacial score (nSPS) is 13.2. The third-order valence-electron chi connectivity index (χ3n) is 2.70. The summed E-state index contributed by atoms with van der Waals surface area (Å²) in [5, 5.41) is 4.51. The molecular weight excluding hydrogens is 216 g/mol. The molecule has 1 atom stereocenters. The van der Waals surface area contributed by atoms with Crippen LogP contribution < -0.4 is 11.3 Å². The Balaban J connectivity index is 2.43. The maximum absolute atomic E-state index is 5.53. The van der Waals surface area contributed by atoms with Crippen molar-refractivity contribution in [1.29, 1.82) is 0 Å². The van der Waals surface area contributed by atoms with Gasteiger partial charge in [-0.15, -0.1) is 0 Å². The van der Waals surface area contributed by atoms with Crippen LogP contribution in [0.25, 0.3) is 0 Å². The monoisotopic (exact) mass is 240 g/mol. The molecule has 0 bridgehead atoms. The number of hydrazine groups is 1. The van der Waals surface area contributed by atoms with Gasteiger partial charge in [0.25, 0.3) is 0 Å². The molecule has 1 heterocycles. The maximum atomic E-state index is 5.53. The topological polar surface area (TPSA) is 65.1 Å². The molecule has 3 N–H and O–H groups in total. The van der Waals surface area contributed by atoms with Gasteiger partial charge in [0.15, 0.2) is 0 Å². The highest BCUT2D eigenvalue weighted by atomic mass is 16.5. The highest BCUT2D eigenvalue weighted by molar-refractivity contribution is 5.01. The van der Waals surface area contributed by atoms with Crippen LogP contribution in [-0.4, -0.2) is 29.0 Å². The molecule has 1 rings (SSSR count). The van der Waals surface area contributed by atoms with E-state index >= 15 is 0 Å². The molecule has 0 aromatic carbocycles. The van der Waals surface area contributed by atoms with Gasteiger partial charge in [-0.1, -0.05) is 0 Å². The first-order valence-corrected chi connectivity index (χ1v) is 6.25. The lowest BCUT2D eigenvalue weighted by atomic mass is 10.1. The molecule has 5 heteroatoms. The largest absolute Gasteiger partial charge is 0.382 e. The van der Waals surface area contributed by atoms with E-state index in [0.29, 0.717) is 6.04 Å². The molecule has 0 amide bonds. The number of hydrogen-bond donors (Lipinski definition) is 2. The number of nitrogens with two attached hydrogens (primary N) is 1. The Kier molecular flexibility index (Phi) is 6.18. The van der Waals surface area contributed by atoms with E-state index < -0.39 is 0 Å². The van der Waals surface area contributed by atoms with Crippen LogP contribution in [0.4, 0.5) is 0 Å². The fraction of sp³-hybridized carbons (Fsp3) is 0.750. The predicted molar refractivity (Wildman–Crippen MR) is 68.5 cm³/mol. The molecule has 0 spiro atoms. The minimum absolute atomic E-state index is 0.220. The molecule has 0 aliphatic carbocycles. The van der Waals surface area contributed by atoms with E-state index in [4.69, 9.17) is 10.6 Å². The lowest BCUT2D eigenvalue weighted by Crippen LogP contribution is -2.37. The zero-order valence-corrected chi connectivity index (χ0v) is 11.0. The number of rotatable bonds is 8. The van der Waals surface area contributed by atoms with Gasteiger partial charge in [0, 0.05) is 37.9 Å². The minimum atomic E-state index is 0.220. The second kappa shape index (κ2) is 7.42. The van der Waals surface area contributed by atoms with Crippen molar-refractivity contribution in [3.8, 4) is 0 Å². The van der Waals surface area contributed by atoms with Crippen molar-refractivity contribution in [2.24, 2.45) is 5.84 Å². The van der Waals surface area contributed by atoms with E-state index in [1.54, 1.807) is 0 Å². The molecule has 1 aromatic rings. The summed E-state index contributed by atoms with van der Waals surface area (Å²) in [7, 11) is 0. The Morgan fingerprint density at radius 1 is 1.53 bits per heavy atom. The zero-order valence-electron chi connectivity index (χ0n) is 11.0. The van der Waals surface area contributed by atoms with Gasteiger partial charge in [0.05, 0.1) is 5.69 Å². The molecule has 0 fully saturated rings. The lowest BCUT2D eigenvalue weighted by molar-refractivity contribution is 0.136. The van der Waals surface area contributed by atoms with Crippen LogP contribution >= 0.6 is 0 Å². The smallest absolute Gasteiger partial charge is 0.0640 e. The fourth-order valence-electron chi connectivity index (χ4n) is 1.64. The number of ether oxygens (including phenoxy) is 1. The van der Waals surface area contributed by atoms with E-state index in [2.05, 4.69) is 24.4 Å². The molecule has 0 radical (unpaired) electrons. The van der Waals surface area contributed by atoms with Crippen molar-refractivity contribution in [1.82, 2.24) is 15.2 Å². The first kappa shape index (κ1) is 14.2. The minimum Gasteiger partial charge on any atom is -0.382 e. The zero-order chi connectivity index (χ0) is 12.7. The lowest BCUT2D eigenvalue weighted by Gasteiger charge is -2.14. The summed E-state index contributed by atoms with van der Waals surface area (Å²) in [5.41, 5.74) is 3.89. The summed E-state index contributed by atoms with van der Waals surface area (Å²) in [6.07, 6.45) is 3.75. The van der Waals surface area contributed by atoms with E-state index in [1.165, 1.54) is 0 Å². The van der Waals surface area contributed by atoms with Gasteiger partial charge in [-0.2, -0.15) is 5.10 Å². The summed E-state index contributed by atoms with van der Waals surface area (Å²) in [4.78, 5) is 0. The van der Waals surface area contributed by atoms with Crippen molar-refractivity contribution in [2.75, 3.05) is 13.2 Å². The second-order valence-electron chi connectivity index (χ2n) is 4.43. The Hall–Kier alpha value is -0.910. The standard InChI is InChI=1S/C12H24N4O/c1-4-17-8-6-11(14-13)9-12-5-7-16(15-12)10(2)3/h5,7,10-11,14H,4,6,8-9,13H2,1-3H3. The Labute approximate surface area is 103 Å². The van der Waals surface area contributed by atoms with Gasteiger partial charge in [-0.3, -0.25) is 16.0 Å². The van der Waals surface area contributed by atoms with E-state index in [0.717, 1.165) is 31.7 Å². The van der Waals surface area contributed by atoms with Crippen LogP contribution in [0, 0.1) is 0 Å². The maximum Gasteiger partial charge on any atom is 0.0640 e. The number of hydrogen-bond acceptors (Lipinski definition) is 4. The third-order valence-corrected chi connectivity index (χ3v) is 2.70. The average molecular weight is 240 g/mol. The van der Waals surface area contributed by atoms with Gasteiger partial charge < -0.3 is 4.74 Å². The second-order valence-corrected chi connectivity index (χ2v) is 4.43. The van der Waals surface area contributed by atoms with Crippen molar-refractivity contribution >= 4 is 0 Å². The molecule has 98 valence electrons. The Morgan fingerprint density at radius 3 is 2.82 bits per heavy atom. The highest BCUT2D eigenvalue weighted by Gasteiger charge is 2.10. The first-order chi connectivity index (χ1) is 8.17. The van der Waals surface area contributed by atoms with Crippen molar-refractivity contribution in [2.45, 2.75) is 45.7 Å². The summed E-state index contributed by atoms with van der Waals surface area (Å²) >= 11 is 0. The SMILES string of the molecule is CCOCCC(Cc1ccn(C(C)C)n1)NN. The van der Waals surface area contributed by atoms with Crippen LogP contribution in [0.3, 0.4) is 0 Å². The molecule has 1 unspecified atom stereocenters. The summed E-state index contributed by atoms with van der Waals surface area (Å²) in [6.45, 7) is 7.71. The van der Waals surface area contributed by atoms with E-state index in [9.17, 15) is 0 Å². The molecule has 0 saturated heterocycles. The van der Waals surface area contributed by atoms with Crippen LogP contribution in [0.15, 0.2) is 12.3 Å². The number of nitrogens with one attached hydrogen (secondary N) is 1.